The van der Waals surface area contributed by atoms with E-state index in [9.17, 15) is 13.2 Å². The number of hydrogen-bond acceptors (Lipinski definition) is 5. The molecular weight excluding hydrogens is 392 g/mol. The molecule has 2 aromatic carbocycles. The fourth-order valence-corrected chi connectivity index (χ4v) is 6.29. The molecule has 2 aromatic rings. The molecule has 3 aliphatic rings. The summed E-state index contributed by atoms with van der Waals surface area (Å²) in [5.74, 6) is 0.397. The van der Waals surface area contributed by atoms with Crippen LogP contribution in [0.2, 0.25) is 0 Å². The SMILES string of the molecule is C[C@@H]1c2ccccc2N(S(=O)(=O)c2ccc3c(c2)OCCCO3)[C@@H]2CNC(=O)[C@@H]12. The first kappa shape index (κ1) is 18.3. The van der Waals surface area contributed by atoms with Gasteiger partial charge in [-0.3, -0.25) is 9.10 Å². The third-order valence-corrected chi connectivity index (χ3v) is 7.82. The largest absolute Gasteiger partial charge is 0.490 e. The van der Waals surface area contributed by atoms with Crippen molar-refractivity contribution < 1.29 is 22.7 Å². The summed E-state index contributed by atoms with van der Waals surface area (Å²) < 4.78 is 40.3. The number of fused-ring (bicyclic) bond motifs is 3. The van der Waals surface area contributed by atoms with Crippen molar-refractivity contribution in [2.75, 3.05) is 24.1 Å². The molecule has 7 nitrogen and oxygen atoms in total. The molecule has 1 fully saturated rings. The number of ether oxygens (including phenoxy) is 2. The smallest absolute Gasteiger partial charge is 0.264 e. The Labute approximate surface area is 169 Å². The highest BCUT2D eigenvalue weighted by Crippen LogP contribution is 2.46. The number of amides is 1. The van der Waals surface area contributed by atoms with Gasteiger partial charge in [-0.2, -0.15) is 0 Å². The quantitative estimate of drug-likeness (QED) is 0.815. The average Bonchev–Trinajstić information content (AvgIpc) is 2.95. The molecule has 0 unspecified atom stereocenters. The van der Waals surface area contributed by atoms with E-state index >= 15 is 0 Å². The lowest BCUT2D eigenvalue weighted by Gasteiger charge is -2.41. The topological polar surface area (TPSA) is 84.9 Å². The van der Waals surface area contributed by atoms with Crippen molar-refractivity contribution >= 4 is 21.6 Å². The Hall–Kier alpha value is -2.74. The first-order valence-corrected chi connectivity index (χ1v) is 11.2. The number of anilines is 1. The van der Waals surface area contributed by atoms with E-state index in [1.165, 1.54) is 10.4 Å². The van der Waals surface area contributed by atoms with Crippen LogP contribution in [0.15, 0.2) is 47.4 Å². The molecule has 0 radical (unpaired) electrons. The van der Waals surface area contributed by atoms with Gasteiger partial charge in [0.05, 0.1) is 35.8 Å². The summed E-state index contributed by atoms with van der Waals surface area (Å²) in [5, 5.41) is 2.85. The molecule has 0 saturated carbocycles. The van der Waals surface area contributed by atoms with Crippen LogP contribution in [0.1, 0.15) is 24.8 Å². The van der Waals surface area contributed by atoms with Gasteiger partial charge < -0.3 is 14.8 Å². The van der Waals surface area contributed by atoms with Crippen LogP contribution in [-0.4, -0.2) is 40.1 Å². The van der Waals surface area contributed by atoms with Crippen molar-refractivity contribution in [3.8, 4) is 11.5 Å². The molecule has 8 heteroatoms. The first-order valence-electron chi connectivity index (χ1n) is 9.79. The van der Waals surface area contributed by atoms with E-state index in [4.69, 9.17) is 9.47 Å². The van der Waals surface area contributed by atoms with E-state index in [-0.39, 0.29) is 16.7 Å². The maximum Gasteiger partial charge on any atom is 0.264 e. The minimum absolute atomic E-state index is 0.0612. The fourth-order valence-electron chi connectivity index (χ4n) is 4.58. The standard InChI is InChI=1S/C21H22N2O5S/c1-13-15-5-2-3-6-16(15)23(17-12-22-21(24)20(13)17)29(25,26)14-7-8-18-19(11-14)28-10-4-9-27-18/h2-3,5-8,11,13,17,20H,4,9-10,12H2,1H3,(H,22,24)/t13-,17-,20+/m1/s1. The third kappa shape index (κ3) is 2.77. The van der Waals surface area contributed by atoms with Gasteiger partial charge in [0.1, 0.15) is 0 Å². The van der Waals surface area contributed by atoms with Crippen LogP contribution in [0.4, 0.5) is 5.69 Å². The van der Waals surface area contributed by atoms with Crippen molar-refractivity contribution in [1.82, 2.24) is 5.32 Å². The summed E-state index contributed by atoms with van der Waals surface area (Å²) in [5.41, 5.74) is 1.49. The van der Waals surface area contributed by atoms with Crippen molar-refractivity contribution in [3.63, 3.8) is 0 Å². The Kier molecular flexibility index (Phi) is 4.20. The predicted molar refractivity (Wildman–Crippen MR) is 107 cm³/mol. The van der Waals surface area contributed by atoms with E-state index in [0.717, 1.165) is 12.0 Å². The molecule has 1 saturated heterocycles. The van der Waals surface area contributed by atoms with E-state index in [1.54, 1.807) is 12.1 Å². The van der Waals surface area contributed by atoms with Gasteiger partial charge in [-0.05, 0) is 29.7 Å². The molecule has 0 spiro atoms. The molecule has 3 aliphatic heterocycles. The van der Waals surface area contributed by atoms with E-state index < -0.39 is 22.0 Å². The third-order valence-electron chi connectivity index (χ3n) is 5.98. The minimum atomic E-state index is -3.92. The fraction of sp³-hybridized carbons (Fsp3) is 0.381. The van der Waals surface area contributed by atoms with Crippen LogP contribution in [0.25, 0.3) is 0 Å². The molecular formula is C21H22N2O5S. The van der Waals surface area contributed by atoms with Crippen LogP contribution in [-0.2, 0) is 14.8 Å². The molecule has 0 bridgehead atoms. The number of rotatable bonds is 2. The Morgan fingerprint density at radius 2 is 1.83 bits per heavy atom. The lowest BCUT2D eigenvalue weighted by atomic mass is 9.80. The second-order valence-corrected chi connectivity index (χ2v) is 9.46. The minimum Gasteiger partial charge on any atom is -0.490 e. The highest BCUT2D eigenvalue weighted by molar-refractivity contribution is 7.92. The summed E-state index contributed by atoms with van der Waals surface area (Å²) in [6.07, 6.45) is 0.742. The van der Waals surface area contributed by atoms with E-state index in [2.05, 4.69) is 5.32 Å². The normalized spacial score (nSPS) is 25.6. The molecule has 152 valence electrons. The molecule has 3 heterocycles. The maximum atomic E-state index is 13.8. The lowest BCUT2D eigenvalue weighted by molar-refractivity contribution is -0.123. The number of para-hydroxylation sites is 1. The molecule has 29 heavy (non-hydrogen) atoms. The Bertz CT molecular complexity index is 1080. The zero-order valence-corrected chi connectivity index (χ0v) is 16.8. The first-order chi connectivity index (χ1) is 14.0. The number of hydrogen-bond donors (Lipinski definition) is 1. The highest BCUT2D eigenvalue weighted by Gasteiger charge is 2.50. The van der Waals surface area contributed by atoms with Gasteiger partial charge in [0, 0.05) is 19.0 Å². The number of nitrogens with zero attached hydrogens (tertiary/aromatic N) is 1. The van der Waals surface area contributed by atoms with E-state index in [1.807, 2.05) is 31.2 Å². The average molecular weight is 414 g/mol. The number of nitrogens with one attached hydrogen (secondary N) is 1. The molecule has 1 amide bonds. The lowest BCUT2D eigenvalue weighted by Crippen LogP contribution is -2.50. The maximum absolute atomic E-state index is 13.8. The second kappa shape index (κ2) is 6.66. The van der Waals surface area contributed by atoms with Crippen LogP contribution < -0.4 is 19.1 Å². The van der Waals surface area contributed by atoms with E-state index in [0.29, 0.717) is 36.9 Å². The molecule has 0 aromatic heterocycles. The molecule has 3 atom stereocenters. The van der Waals surface area contributed by atoms with Gasteiger partial charge in [-0.1, -0.05) is 25.1 Å². The van der Waals surface area contributed by atoms with Gasteiger partial charge in [0.15, 0.2) is 11.5 Å². The van der Waals surface area contributed by atoms with Crippen molar-refractivity contribution in [3.05, 3.63) is 48.0 Å². The summed E-state index contributed by atoms with van der Waals surface area (Å²) in [7, 11) is -3.92. The van der Waals surface area contributed by atoms with Crippen molar-refractivity contribution in [2.45, 2.75) is 30.2 Å². The Balaban J connectivity index is 1.64. The zero-order valence-electron chi connectivity index (χ0n) is 16.0. The molecule has 0 aliphatic carbocycles. The van der Waals surface area contributed by atoms with Crippen LogP contribution in [0.3, 0.4) is 0 Å². The summed E-state index contributed by atoms with van der Waals surface area (Å²) >= 11 is 0. The Morgan fingerprint density at radius 1 is 1.07 bits per heavy atom. The number of benzene rings is 2. The number of carbonyl (C=O) groups is 1. The summed E-state index contributed by atoms with van der Waals surface area (Å²) in [6, 6.07) is 11.7. The van der Waals surface area contributed by atoms with Gasteiger partial charge in [0.2, 0.25) is 5.91 Å². The van der Waals surface area contributed by atoms with Gasteiger partial charge in [-0.25, -0.2) is 8.42 Å². The van der Waals surface area contributed by atoms with Crippen LogP contribution in [0.5, 0.6) is 11.5 Å². The van der Waals surface area contributed by atoms with Crippen LogP contribution >= 0.6 is 0 Å². The van der Waals surface area contributed by atoms with Gasteiger partial charge in [0.25, 0.3) is 10.0 Å². The van der Waals surface area contributed by atoms with Crippen molar-refractivity contribution in [2.24, 2.45) is 5.92 Å². The molecule has 5 rings (SSSR count). The zero-order chi connectivity index (χ0) is 20.2. The predicted octanol–water partition coefficient (Wildman–Crippen LogP) is 2.27. The summed E-state index contributed by atoms with van der Waals surface area (Å²) in [4.78, 5) is 12.6. The second-order valence-electron chi connectivity index (χ2n) is 7.65. The Morgan fingerprint density at radius 3 is 2.66 bits per heavy atom. The number of carbonyl (C=O) groups excluding carboxylic acids is 1. The molecule has 1 N–H and O–H groups in total. The number of sulfonamides is 1. The van der Waals surface area contributed by atoms with Crippen molar-refractivity contribution in [1.29, 1.82) is 0 Å². The van der Waals surface area contributed by atoms with Gasteiger partial charge >= 0.3 is 0 Å². The van der Waals surface area contributed by atoms with Crippen LogP contribution in [0, 0.1) is 5.92 Å². The highest BCUT2D eigenvalue weighted by atomic mass is 32.2. The van der Waals surface area contributed by atoms with Gasteiger partial charge in [-0.15, -0.1) is 0 Å². The monoisotopic (exact) mass is 414 g/mol. The summed E-state index contributed by atoms with van der Waals surface area (Å²) in [6.45, 7) is 3.29.